The first-order valence-corrected chi connectivity index (χ1v) is 7.51. The van der Waals surface area contributed by atoms with Crippen molar-refractivity contribution < 1.29 is 0 Å². The maximum Gasteiger partial charge on any atom is 0.0536 e. The molecule has 1 N–H and O–H groups in total. The van der Waals surface area contributed by atoms with E-state index in [1.807, 2.05) is 23.1 Å². The Labute approximate surface area is 117 Å². The first-order valence-electron chi connectivity index (χ1n) is 7.51. The van der Waals surface area contributed by atoms with E-state index < -0.39 is 0 Å². The van der Waals surface area contributed by atoms with Gasteiger partial charge in [0.1, 0.15) is 0 Å². The minimum atomic E-state index is 0.276. The number of nitrogens with zero attached hydrogens (tertiary/aromatic N) is 3. The van der Waals surface area contributed by atoms with Gasteiger partial charge in [0, 0.05) is 43.6 Å². The zero-order chi connectivity index (χ0) is 13.9. The normalized spacial score (nSPS) is 29.0. The number of piperazine rings is 1. The average molecular weight is 264 g/mol. The molecule has 1 aliphatic heterocycles. The molecule has 108 valence electrons. The number of hydrogen-bond donors (Lipinski definition) is 1. The second kappa shape index (κ2) is 6.06. The van der Waals surface area contributed by atoms with Gasteiger partial charge in [0.2, 0.25) is 0 Å². The summed E-state index contributed by atoms with van der Waals surface area (Å²) in [5.41, 5.74) is 0.276. The van der Waals surface area contributed by atoms with Crippen LogP contribution in [0.15, 0.2) is 18.5 Å². The molecular formula is C15H28N4. The van der Waals surface area contributed by atoms with Crippen molar-refractivity contribution in [2.75, 3.05) is 19.6 Å². The van der Waals surface area contributed by atoms with E-state index in [1.165, 1.54) is 6.42 Å². The van der Waals surface area contributed by atoms with E-state index in [2.05, 4.69) is 43.0 Å². The third-order valence-corrected chi connectivity index (χ3v) is 4.65. The zero-order valence-corrected chi connectivity index (χ0v) is 12.8. The maximum absolute atomic E-state index is 4.30. The zero-order valence-electron chi connectivity index (χ0n) is 12.8. The number of hydrogen-bond acceptors (Lipinski definition) is 3. The lowest BCUT2D eigenvalue weighted by atomic mass is 9.89. The van der Waals surface area contributed by atoms with Crippen molar-refractivity contribution >= 4 is 0 Å². The van der Waals surface area contributed by atoms with Crippen molar-refractivity contribution in [3.05, 3.63) is 18.5 Å². The van der Waals surface area contributed by atoms with E-state index >= 15 is 0 Å². The molecule has 19 heavy (non-hydrogen) atoms. The van der Waals surface area contributed by atoms with Gasteiger partial charge in [-0.2, -0.15) is 5.10 Å². The molecule has 2 rings (SSSR count). The van der Waals surface area contributed by atoms with E-state index in [0.717, 1.165) is 26.2 Å². The van der Waals surface area contributed by atoms with E-state index in [1.54, 1.807) is 0 Å². The Morgan fingerprint density at radius 1 is 1.42 bits per heavy atom. The fraction of sp³-hybridized carbons (Fsp3) is 0.800. The van der Waals surface area contributed by atoms with Crippen LogP contribution < -0.4 is 5.32 Å². The monoisotopic (exact) mass is 264 g/mol. The average Bonchev–Trinajstić information content (AvgIpc) is 2.90. The topological polar surface area (TPSA) is 33.1 Å². The highest BCUT2D eigenvalue weighted by molar-refractivity contribution is 4.96. The van der Waals surface area contributed by atoms with Crippen LogP contribution in [0.2, 0.25) is 0 Å². The van der Waals surface area contributed by atoms with E-state index in [9.17, 15) is 0 Å². The smallest absolute Gasteiger partial charge is 0.0536 e. The number of aromatic nitrogens is 2. The quantitative estimate of drug-likeness (QED) is 0.883. The van der Waals surface area contributed by atoms with Crippen LogP contribution in [0.4, 0.5) is 0 Å². The first kappa shape index (κ1) is 14.5. The van der Waals surface area contributed by atoms with Crippen molar-refractivity contribution in [1.82, 2.24) is 20.0 Å². The molecule has 0 aliphatic carbocycles. The van der Waals surface area contributed by atoms with Gasteiger partial charge in [0.05, 0.1) is 6.54 Å². The van der Waals surface area contributed by atoms with Crippen LogP contribution in [-0.2, 0) is 6.54 Å². The van der Waals surface area contributed by atoms with Crippen molar-refractivity contribution in [2.24, 2.45) is 5.92 Å². The van der Waals surface area contributed by atoms with Gasteiger partial charge < -0.3 is 5.32 Å². The van der Waals surface area contributed by atoms with Crippen LogP contribution in [0.1, 0.15) is 34.1 Å². The molecule has 1 aliphatic rings. The second-order valence-electron chi connectivity index (χ2n) is 6.30. The molecule has 1 aromatic heterocycles. The Kier molecular flexibility index (Phi) is 4.63. The highest BCUT2D eigenvalue weighted by Crippen LogP contribution is 2.24. The maximum atomic E-state index is 4.30. The SMILES string of the molecule is CCC1(C)CNC(C(C)C)CN1CCn1cccn1. The Morgan fingerprint density at radius 3 is 2.79 bits per heavy atom. The van der Waals surface area contributed by atoms with Crippen LogP contribution in [0.5, 0.6) is 0 Å². The van der Waals surface area contributed by atoms with Gasteiger partial charge in [-0.15, -0.1) is 0 Å². The molecule has 1 aromatic rings. The standard InChI is InChI=1S/C15H28N4/c1-5-15(4)12-16-14(13(2)3)11-18(15)9-10-19-8-6-7-17-19/h6-8,13-14,16H,5,9-12H2,1-4H3. The molecular weight excluding hydrogens is 236 g/mol. The van der Waals surface area contributed by atoms with Gasteiger partial charge >= 0.3 is 0 Å². The molecule has 0 aromatic carbocycles. The van der Waals surface area contributed by atoms with Crippen LogP contribution in [0.3, 0.4) is 0 Å². The summed E-state index contributed by atoms with van der Waals surface area (Å²) in [7, 11) is 0. The lowest BCUT2D eigenvalue weighted by molar-refractivity contribution is 0.0350. The summed E-state index contributed by atoms with van der Waals surface area (Å²) in [4.78, 5) is 2.65. The Morgan fingerprint density at radius 2 is 2.21 bits per heavy atom. The van der Waals surface area contributed by atoms with Gasteiger partial charge in [-0.1, -0.05) is 20.8 Å². The molecule has 0 bridgehead atoms. The van der Waals surface area contributed by atoms with Crippen molar-refractivity contribution in [3.63, 3.8) is 0 Å². The predicted octanol–water partition coefficient (Wildman–Crippen LogP) is 1.98. The first-order chi connectivity index (χ1) is 9.05. The van der Waals surface area contributed by atoms with E-state index in [4.69, 9.17) is 0 Å². The van der Waals surface area contributed by atoms with Crippen LogP contribution >= 0.6 is 0 Å². The van der Waals surface area contributed by atoms with Crippen molar-refractivity contribution in [1.29, 1.82) is 0 Å². The van der Waals surface area contributed by atoms with Gasteiger partial charge in [-0.3, -0.25) is 9.58 Å². The Balaban J connectivity index is 1.99. The largest absolute Gasteiger partial charge is 0.311 e. The Bertz CT molecular complexity index is 374. The third-order valence-electron chi connectivity index (χ3n) is 4.65. The lowest BCUT2D eigenvalue weighted by Gasteiger charge is -2.49. The third kappa shape index (κ3) is 3.37. The fourth-order valence-corrected chi connectivity index (χ4v) is 2.80. The summed E-state index contributed by atoms with van der Waals surface area (Å²) in [5, 5.41) is 8.02. The molecule has 1 fully saturated rings. The minimum absolute atomic E-state index is 0.276. The summed E-state index contributed by atoms with van der Waals surface area (Å²) in [6.07, 6.45) is 5.09. The molecule has 0 spiro atoms. The summed E-state index contributed by atoms with van der Waals surface area (Å²) < 4.78 is 2.03. The summed E-state index contributed by atoms with van der Waals surface area (Å²) >= 11 is 0. The number of nitrogens with one attached hydrogen (secondary N) is 1. The highest BCUT2D eigenvalue weighted by atomic mass is 15.3. The number of rotatable bonds is 5. The molecule has 2 unspecified atom stereocenters. The van der Waals surface area contributed by atoms with Crippen LogP contribution in [-0.4, -0.2) is 45.9 Å². The molecule has 0 saturated carbocycles. The van der Waals surface area contributed by atoms with Crippen LogP contribution in [0.25, 0.3) is 0 Å². The molecule has 2 atom stereocenters. The summed E-state index contributed by atoms with van der Waals surface area (Å²) in [6.45, 7) is 13.6. The van der Waals surface area contributed by atoms with Gasteiger partial charge in [0.25, 0.3) is 0 Å². The molecule has 2 heterocycles. The molecule has 4 heteroatoms. The lowest BCUT2D eigenvalue weighted by Crippen LogP contribution is -2.64. The van der Waals surface area contributed by atoms with E-state index in [0.29, 0.717) is 12.0 Å². The predicted molar refractivity (Wildman–Crippen MR) is 79.1 cm³/mol. The van der Waals surface area contributed by atoms with Crippen molar-refractivity contribution in [2.45, 2.75) is 52.2 Å². The van der Waals surface area contributed by atoms with Gasteiger partial charge in [-0.05, 0) is 25.3 Å². The highest BCUT2D eigenvalue weighted by Gasteiger charge is 2.36. The molecule has 0 amide bonds. The molecule has 4 nitrogen and oxygen atoms in total. The fourth-order valence-electron chi connectivity index (χ4n) is 2.80. The van der Waals surface area contributed by atoms with Gasteiger partial charge in [0.15, 0.2) is 0 Å². The van der Waals surface area contributed by atoms with Gasteiger partial charge in [-0.25, -0.2) is 0 Å². The molecule has 0 radical (unpaired) electrons. The minimum Gasteiger partial charge on any atom is -0.311 e. The van der Waals surface area contributed by atoms with E-state index in [-0.39, 0.29) is 5.54 Å². The summed E-state index contributed by atoms with van der Waals surface area (Å²) in [5.74, 6) is 0.689. The second-order valence-corrected chi connectivity index (χ2v) is 6.30. The Hall–Kier alpha value is -0.870. The van der Waals surface area contributed by atoms with Crippen LogP contribution in [0, 0.1) is 5.92 Å². The van der Waals surface area contributed by atoms with Crippen molar-refractivity contribution in [3.8, 4) is 0 Å². The molecule has 1 saturated heterocycles. The summed E-state index contributed by atoms with van der Waals surface area (Å²) in [6, 6.07) is 2.60.